The van der Waals surface area contributed by atoms with Crippen molar-refractivity contribution in [3.05, 3.63) is 51.8 Å². The van der Waals surface area contributed by atoms with Crippen molar-refractivity contribution >= 4 is 45.2 Å². The summed E-state index contributed by atoms with van der Waals surface area (Å²) < 4.78 is 5.55. The second-order valence-corrected chi connectivity index (χ2v) is 6.69. The molecule has 120 valence electrons. The third kappa shape index (κ3) is 5.65. The summed E-state index contributed by atoms with van der Waals surface area (Å²) in [6.45, 7) is 0.268. The van der Waals surface area contributed by atoms with Crippen LogP contribution < -0.4 is 5.32 Å². The number of esters is 1. The van der Waals surface area contributed by atoms with Crippen LogP contribution in [0.2, 0.25) is 0 Å². The molecule has 1 heterocycles. The lowest BCUT2D eigenvalue weighted by atomic mass is 10.2. The molecule has 1 aromatic heterocycles. The van der Waals surface area contributed by atoms with Crippen LogP contribution in [0.4, 0.5) is 0 Å². The number of hydrogen-bond acceptors (Lipinski definition) is 4. The second-order valence-electron chi connectivity index (χ2n) is 4.66. The Balaban J connectivity index is 1.89. The van der Waals surface area contributed by atoms with Crippen molar-refractivity contribution in [2.75, 3.05) is 13.7 Å². The molecule has 0 radical (unpaired) electrons. The number of carbonyl (C=O) groups is 2. The zero-order valence-electron chi connectivity index (χ0n) is 12.5. The summed E-state index contributed by atoms with van der Waals surface area (Å²) in [6, 6.07) is 12.1. The SMILES string of the molecule is COC(=O)CCNC(=O)/C=C/c1ccc(-c2ccc(Br)cc2)s1. The summed E-state index contributed by atoms with van der Waals surface area (Å²) in [5, 5.41) is 2.64. The molecule has 1 N–H and O–H groups in total. The maximum absolute atomic E-state index is 11.6. The standard InChI is InChI=1S/C17H16BrNO3S/c1-22-17(21)10-11-19-16(20)9-7-14-6-8-15(23-14)12-2-4-13(18)5-3-12/h2-9H,10-11H2,1H3,(H,19,20)/b9-7+. The maximum atomic E-state index is 11.6. The van der Waals surface area contributed by atoms with Crippen molar-refractivity contribution in [1.82, 2.24) is 5.32 Å². The van der Waals surface area contributed by atoms with Crippen LogP contribution in [0.1, 0.15) is 11.3 Å². The number of rotatable bonds is 6. The predicted molar refractivity (Wildman–Crippen MR) is 96.1 cm³/mol. The summed E-state index contributed by atoms with van der Waals surface area (Å²) >= 11 is 5.03. The van der Waals surface area contributed by atoms with Crippen LogP contribution in [0, 0.1) is 0 Å². The largest absolute Gasteiger partial charge is 0.469 e. The van der Waals surface area contributed by atoms with E-state index < -0.39 is 0 Å². The molecule has 0 aliphatic heterocycles. The summed E-state index contributed by atoms with van der Waals surface area (Å²) in [5.74, 6) is -0.570. The van der Waals surface area contributed by atoms with Crippen LogP contribution >= 0.6 is 27.3 Å². The van der Waals surface area contributed by atoms with Crippen molar-refractivity contribution in [1.29, 1.82) is 0 Å². The molecular formula is C17H16BrNO3S. The minimum atomic E-state index is -0.341. The van der Waals surface area contributed by atoms with Gasteiger partial charge < -0.3 is 10.1 Å². The summed E-state index contributed by atoms with van der Waals surface area (Å²) in [7, 11) is 1.32. The van der Waals surface area contributed by atoms with Gasteiger partial charge in [0.05, 0.1) is 13.5 Å². The highest BCUT2D eigenvalue weighted by Gasteiger charge is 2.03. The van der Waals surface area contributed by atoms with E-state index in [9.17, 15) is 9.59 Å². The fourth-order valence-electron chi connectivity index (χ4n) is 1.82. The zero-order chi connectivity index (χ0) is 16.7. The average Bonchev–Trinajstić information content (AvgIpc) is 3.02. The van der Waals surface area contributed by atoms with Gasteiger partial charge in [-0.15, -0.1) is 11.3 Å². The van der Waals surface area contributed by atoms with Gasteiger partial charge >= 0.3 is 5.97 Å². The van der Waals surface area contributed by atoms with Gasteiger partial charge in [-0.25, -0.2) is 0 Å². The van der Waals surface area contributed by atoms with Gasteiger partial charge in [-0.2, -0.15) is 0 Å². The Kier molecular flexibility index (Phi) is 6.55. The zero-order valence-corrected chi connectivity index (χ0v) is 14.9. The van der Waals surface area contributed by atoms with Crippen LogP contribution in [0.5, 0.6) is 0 Å². The Labute approximate surface area is 147 Å². The quantitative estimate of drug-likeness (QED) is 0.598. The third-order valence-corrected chi connectivity index (χ3v) is 4.64. The first-order valence-electron chi connectivity index (χ1n) is 6.97. The normalized spacial score (nSPS) is 10.7. The van der Waals surface area contributed by atoms with Gasteiger partial charge in [0, 0.05) is 26.8 Å². The van der Waals surface area contributed by atoms with E-state index in [1.54, 1.807) is 17.4 Å². The third-order valence-electron chi connectivity index (χ3n) is 3.01. The average molecular weight is 394 g/mol. The van der Waals surface area contributed by atoms with Crippen LogP contribution in [0.25, 0.3) is 16.5 Å². The molecule has 0 atom stereocenters. The highest BCUT2D eigenvalue weighted by atomic mass is 79.9. The monoisotopic (exact) mass is 393 g/mol. The minimum Gasteiger partial charge on any atom is -0.469 e. The fraction of sp³-hybridized carbons (Fsp3) is 0.176. The number of ether oxygens (including phenoxy) is 1. The Morgan fingerprint density at radius 3 is 2.65 bits per heavy atom. The van der Waals surface area contributed by atoms with Gasteiger partial charge in [0.25, 0.3) is 0 Å². The number of hydrogen-bond donors (Lipinski definition) is 1. The van der Waals surface area contributed by atoms with E-state index in [4.69, 9.17) is 0 Å². The molecule has 0 unspecified atom stereocenters. The van der Waals surface area contributed by atoms with Crippen molar-refractivity contribution < 1.29 is 14.3 Å². The van der Waals surface area contributed by atoms with Gasteiger partial charge in [0.1, 0.15) is 0 Å². The molecule has 23 heavy (non-hydrogen) atoms. The van der Waals surface area contributed by atoms with E-state index in [2.05, 4.69) is 26.0 Å². The summed E-state index contributed by atoms with van der Waals surface area (Å²) in [6.07, 6.45) is 3.40. The first kappa shape index (κ1) is 17.4. The predicted octanol–water partition coefficient (Wildman–Crippen LogP) is 3.87. The van der Waals surface area contributed by atoms with Crippen LogP contribution in [-0.4, -0.2) is 25.5 Å². The molecule has 0 bridgehead atoms. The second kappa shape index (κ2) is 8.64. The number of halogens is 1. The summed E-state index contributed by atoms with van der Waals surface area (Å²) in [4.78, 5) is 24.7. The molecule has 0 saturated heterocycles. The summed E-state index contributed by atoms with van der Waals surface area (Å²) in [5.41, 5.74) is 1.14. The number of methoxy groups -OCH3 is 1. The van der Waals surface area contributed by atoms with Gasteiger partial charge in [-0.3, -0.25) is 9.59 Å². The van der Waals surface area contributed by atoms with E-state index in [1.165, 1.54) is 13.2 Å². The van der Waals surface area contributed by atoms with Crippen molar-refractivity contribution in [3.8, 4) is 10.4 Å². The van der Waals surface area contributed by atoms with E-state index in [1.807, 2.05) is 36.4 Å². The van der Waals surface area contributed by atoms with Gasteiger partial charge in [-0.1, -0.05) is 28.1 Å². The molecule has 0 aliphatic rings. The molecule has 1 amide bonds. The number of amides is 1. The van der Waals surface area contributed by atoms with Crippen molar-refractivity contribution in [2.24, 2.45) is 0 Å². The molecule has 0 saturated carbocycles. The maximum Gasteiger partial charge on any atom is 0.307 e. The Morgan fingerprint density at radius 1 is 1.22 bits per heavy atom. The molecule has 0 fully saturated rings. The molecule has 0 spiro atoms. The molecule has 0 aliphatic carbocycles. The van der Waals surface area contributed by atoms with Gasteiger partial charge in [0.15, 0.2) is 0 Å². The van der Waals surface area contributed by atoms with E-state index >= 15 is 0 Å². The number of benzene rings is 1. The van der Waals surface area contributed by atoms with Crippen LogP contribution in [0.3, 0.4) is 0 Å². The van der Waals surface area contributed by atoms with Gasteiger partial charge in [0.2, 0.25) is 5.91 Å². The first-order chi connectivity index (χ1) is 11.1. The number of thiophene rings is 1. The number of nitrogens with one attached hydrogen (secondary N) is 1. The van der Waals surface area contributed by atoms with E-state index in [0.717, 1.165) is 19.8 Å². The lowest BCUT2D eigenvalue weighted by molar-refractivity contribution is -0.140. The van der Waals surface area contributed by atoms with Crippen molar-refractivity contribution in [3.63, 3.8) is 0 Å². The molecule has 1 aromatic carbocycles. The lowest BCUT2D eigenvalue weighted by Gasteiger charge is -2.00. The van der Waals surface area contributed by atoms with Crippen LogP contribution in [-0.2, 0) is 14.3 Å². The van der Waals surface area contributed by atoms with E-state index in [0.29, 0.717) is 0 Å². The first-order valence-corrected chi connectivity index (χ1v) is 8.58. The smallest absolute Gasteiger partial charge is 0.307 e. The lowest BCUT2D eigenvalue weighted by Crippen LogP contribution is -2.24. The van der Waals surface area contributed by atoms with Gasteiger partial charge in [-0.05, 0) is 35.9 Å². The Hall–Kier alpha value is -1.92. The molecule has 2 rings (SSSR count). The number of carbonyl (C=O) groups excluding carboxylic acids is 2. The Morgan fingerprint density at radius 2 is 1.96 bits per heavy atom. The van der Waals surface area contributed by atoms with Crippen molar-refractivity contribution in [2.45, 2.75) is 6.42 Å². The molecular weight excluding hydrogens is 378 g/mol. The molecule has 4 nitrogen and oxygen atoms in total. The van der Waals surface area contributed by atoms with Crippen LogP contribution in [0.15, 0.2) is 46.9 Å². The molecule has 6 heteroatoms. The fourth-order valence-corrected chi connectivity index (χ4v) is 3.00. The topological polar surface area (TPSA) is 55.4 Å². The highest BCUT2D eigenvalue weighted by molar-refractivity contribution is 9.10. The minimum absolute atomic E-state index is 0.169. The molecule has 2 aromatic rings. The highest BCUT2D eigenvalue weighted by Crippen LogP contribution is 2.29. The van der Waals surface area contributed by atoms with E-state index in [-0.39, 0.29) is 24.8 Å². The Bertz CT molecular complexity index is 707.